The van der Waals surface area contributed by atoms with Gasteiger partial charge >= 0.3 is 5.97 Å². The van der Waals surface area contributed by atoms with Crippen LogP contribution >= 0.6 is 11.3 Å². The van der Waals surface area contributed by atoms with Crippen molar-refractivity contribution in [3.8, 4) is 5.00 Å². The Kier molecular flexibility index (Phi) is 3.93. The van der Waals surface area contributed by atoms with E-state index in [-0.39, 0.29) is 11.5 Å². The average molecular weight is 355 g/mol. The van der Waals surface area contributed by atoms with E-state index in [4.69, 9.17) is 4.74 Å². The van der Waals surface area contributed by atoms with E-state index < -0.39 is 5.97 Å². The van der Waals surface area contributed by atoms with Gasteiger partial charge in [0.15, 0.2) is 5.69 Å². The van der Waals surface area contributed by atoms with E-state index in [1.807, 2.05) is 16.0 Å². The van der Waals surface area contributed by atoms with Crippen LogP contribution in [-0.4, -0.2) is 27.8 Å². The van der Waals surface area contributed by atoms with Crippen LogP contribution in [0.15, 0.2) is 47.0 Å². The zero-order valence-electron chi connectivity index (χ0n) is 13.4. The molecule has 0 bridgehead atoms. The topological polar surface area (TPSA) is 56.5 Å². The number of fused-ring (bicyclic) bond motifs is 3. The zero-order chi connectivity index (χ0) is 17.4. The Morgan fingerprint density at radius 2 is 2.12 bits per heavy atom. The van der Waals surface area contributed by atoms with Crippen molar-refractivity contribution in [2.24, 2.45) is 4.99 Å². The SMILES string of the molecule is CCOC(=O)c1ncn2c1CN=C(c1ccc(F)cc1)c1ccsc1-2. The van der Waals surface area contributed by atoms with Crippen LogP contribution in [0.5, 0.6) is 0 Å². The van der Waals surface area contributed by atoms with Crippen LogP contribution in [0.2, 0.25) is 0 Å². The van der Waals surface area contributed by atoms with Crippen molar-refractivity contribution in [1.82, 2.24) is 9.55 Å². The Morgan fingerprint density at radius 1 is 1.32 bits per heavy atom. The molecule has 2 aromatic heterocycles. The molecule has 4 rings (SSSR count). The third kappa shape index (κ3) is 2.66. The second-order valence-electron chi connectivity index (χ2n) is 5.44. The lowest BCUT2D eigenvalue weighted by atomic mass is 10.0. The number of carbonyl (C=O) groups is 1. The predicted octanol–water partition coefficient (Wildman–Crippen LogP) is 3.60. The van der Waals surface area contributed by atoms with Crippen LogP contribution in [0, 0.1) is 5.82 Å². The van der Waals surface area contributed by atoms with E-state index in [2.05, 4.69) is 9.98 Å². The molecule has 126 valence electrons. The fourth-order valence-electron chi connectivity index (χ4n) is 2.83. The van der Waals surface area contributed by atoms with Gasteiger partial charge in [-0.1, -0.05) is 0 Å². The summed E-state index contributed by atoms with van der Waals surface area (Å²) in [7, 11) is 0. The lowest BCUT2D eigenvalue weighted by Crippen LogP contribution is -2.09. The molecule has 0 saturated carbocycles. The summed E-state index contributed by atoms with van der Waals surface area (Å²) in [6.45, 7) is 2.34. The minimum Gasteiger partial charge on any atom is -0.461 e. The van der Waals surface area contributed by atoms with Crippen LogP contribution in [0.4, 0.5) is 4.39 Å². The van der Waals surface area contributed by atoms with Gasteiger partial charge in [0, 0.05) is 11.1 Å². The summed E-state index contributed by atoms with van der Waals surface area (Å²) in [6, 6.07) is 8.23. The van der Waals surface area contributed by atoms with Gasteiger partial charge in [0.05, 0.1) is 24.6 Å². The molecular formula is C18H14FN3O2S. The highest BCUT2D eigenvalue weighted by molar-refractivity contribution is 7.13. The molecule has 0 amide bonds. The quantitative estimate of drug-likeness (QED) is 0.675. The minimum absolute atomic E-state index is 0.283. The number of halogens is 1. The fraction of sp³-hybridized carbons (Fsp3) is 0.167. The number of rotatable bonds is 3. The minimum atomic E-state index is -0.449. The molecule has 1 aromatic carbocycles. The van der Waals surface area contributed by atoms with Gasteiger partial charge in [0.1, 0.15) is 17.1 Å². The molecular weight excluding hydrogens is 341 g/mol. The Bertz CT molecular complexity index is 973. The third-order valence-electron chi connectivity index (χ3n) is 3.96. The molecule has 3 heterocycles. The lowest BCUT2D eigenvalue weighted by molar-refractivity contribution is 0.0518. The smallest absolute Gasteiger partial charge is 0.358 e. The van der Waals surface area contributed by atoms with Gasteiger partial charge in [-0.15, -0.1) is 11.3 Å². The Labute approximate surface area is 147 Å². The maximum atomic E-state index is 13.2. The molecule has 0 fully saturated rings. The molecule has 0 radical (unpaired) electrons. The monoisotopic (exact) mass is 355 g/mol. The number of benzene rings is 1. The van der Waals surface area contributed by atoms with Crippen molar-refractivity contribution in [2.45, 2.75) is 13.5 Å². The normalized spacial score (nSPS) is 12.8. The first-order valence-electron chi connectivity index (χ1n) is 7.81. The van der Waals surface area contributed by atoms with Gasteiger partial charge in [0.25, 0.3) is 0 Å². The maximum absolute atomic E-state index is 13.2. The molecule has 0 unspecified atom stereocenters. The third-order valence-corrected chi connectivity index (χ3v) is 4.87. The van der Waals surface area contributed by atoms with Gasteiger partial charge in [-0.25, -0.2) is 14.2 Å². The standard InChI is InChI=1S/C18H14FN3O2S/c1-2-24-18(23)16-14-9-20-15(11-3-5-12(19)6-4-11)13-7-8-25-17(13)22(14)10-21-16/h3-8,10H,2,9H2,1H3. The summed E-state index contributed by atoms with van der Waals surface area (Å²) in [5, 5.41) is 2.89. The molecule has 25 heavy (non-hydrogen) atoms. The van der Waals surface area contributed by atoms with Crippen molar-refractivity contribution >= 4 is 23.0 Å². The Balaban J connectivity index is 1.84. The molecule has 0 aliphatic carbocycles. The van der Waals surface area contributed by atoms with Crippen molar-refractivity contribution in [2.75, 3.05) is 6.61 Å². The van der Waals surface area contributed by atoms with E-state index in [1.54, 1.807) is 25.4 Å². The number of hydrogen-bond donors (Lipinski definition) is 0. The van der Waals surface area contributed by atoms with Crippen molar-refractivity contribution in [1.29, 1.82) is 0 Å². The summed E-state index contributed by atoms with van der Waals surface area (Å²) in [5.74, 6) is -0.738. The first-order valence-corrected chi connectivity index (χ1v) is 8.69. The molecule has 1 aliphatic rings. The van der Waals surface area contributed by atoms with E-state index in [9.17, 15) is 9.18 Å². The molecule has 7 heteroatoms. The van der Waals surface area contributed by atoms with Crippen LogP contribution in [0.3, 0.4) is 0 Å². The highest BCUT2D eigenvalue weighted by Gasteiger charge is 2.25. The second-order valence-corrected chi connectivity index (χ2v) is 6.34. The van der Waals surface area contributed by atoms with E-state index in [0.717, 1.165) is 21.8 Å². The number of imidazole rings is 1. The second kappa shape index (κ2) is 6.25. The first-order chi connectivity index (χ1) is 12.2. The maximum Gasteiger partial charge on any atom is 0.358 e. The molecule has 5 nitrogen and oxygen atoms in total. The fourth-order valence-corrected chi connectivity index (χ4v) is 3.73. The molecule has 3 aromatic rings. The van der Waals surface area contributed by atoms with Gasteiger partial charge in [0.2, 0.25) is 0 Å². The Hall–Kier alpha value is -2.80. The Morgan fingerprint density at radius 3 is 2.88 bits per heavy atom. The highest BCUT2D eigenvalue weighted by Crippen LogP contribution is 2.30. The summed E-state index contributed by atoms with van der Waals surface area (Å²) >= 11 is 1.54. The van der Waals surface area contributed by atoms with Crippen molar-refractivity contribution in [3.63, 3.8) is 0 Å². The van der Waals surface area contributed by atoms with Crippen LogP contribution in [0.1, 0.15) is 34.2 Å². The number of ether oxygens (including phenoxy) is 1. The van der Waals surface area contributed by atoms with Gasteiger partial charge < -0.3 is 4.74 Å². The molecule has 0 atom stereocenters. The number of esters is 1. The van der Waals surface area contributed by atoms with Gasteiger partial charge in [-0.2, -0.15) is 0 Å². The van der Waals surface area contributed by atoms with E-state index in [1.165, 1.54) is 23.5 Å². The molecule has 0 saturated heterocycles. The van der Waals surface area contributed by atoms with Crippen molar-refractivity contribution < 1.29 is 13.9 Å². The molecule has 0 spiro atoms. The number of hydrogen-bond acceptors (Lipinski definition) is 5. The first kappa shape index (κ1) is 15.7. The molecule has 0 N–H and O–H groups in total. The lowest BCUT2D eigenvalue weighted by Gasteiger charge is -2.06. The van der Waals surface area contributed by atoms with Crippen LogP contribution in [0.25, 0.3) is 5.00 Å². The van der Waals surface area contributed by atoms with Gasteiger partial charge in [-0.3, -0.25) is 9.56 Å². The average Bonchev–Trinajstić information content (AvgIpc) is 3.21. The molecule has 1 aliphatic heterocycles. The number of aliphatic imine (C=N–C) groups is 1. The largest absolute Gasteiger partial charge is 0.461 e. The number of thiophene rings is 1. The highest BCUT2D eigenvalue weighted by atomic mass is 32.1. The van der Waals surface area contributed by atoms with Crippen LogP contribution in [-0.2, 0) is 11.3 Å². The van der Waals surface area contributed by atoms with Crippen LogP contribution < -0.4 is 0 Å². The summed E-state index contributed by atoms with van der Waals surface area (Å²) in [6.07, 6.45) is 1.63. The summed E-state index contributed by atoms with van der Waals surface area (Å²) in [5.41, 5.74) is 3.51. The zero-order valence-corrected chi connectivity index (χ0v) is 14.2. The number of carbonyl (C=O) groups excluding carboxylic acids is 1. The number of nitrogens with zero attached hydrogens (tertiary/aromatic N) is 3. The summed E-state index contributed by atoms with van der Waals surface area (Å²) < 4.78 is 20.2. The summed E-state index contributed by atoms with van der Waals surface area (Å²) in [4.78, 5) is 21.1. The number of aromatic nitrogens is 2. The van der Waals surface area contributed by atoms with E-state index >= 15 is 0 Å². The van der Waals surface area contributed by atoms with Gasteiger partial charge in [-0.05, 0) is 42.6 Å². The predicted molar refractivity (Wildman–Crippen MR) is 93.1 cm³/mol. The van der Waals surface area contributed by atoms with E-state index in [0.29, 0.717) is 18.8 Å². The van der Waals surface area contributed by atoms with Crippen molar-refractivity contribution in [3.05, 3.63) is 70.4 Å².